The summed E-state index contributed by atoms with van der Waals surface area (Å²) in [5.74, 6) is -0.0593. The van der Waals surface area contributed by atoms with Gasteiger partial charge < -0.3 is 20.5 Å². The SMILES string of the molecule is O=C(NCCCn1cccc1)c1ccccc1-c1ccccc1CNC(=S)NCc1ccccc1. The van der Waals surface area contributed by atoms with Crippen molar-refractivity contribution in [2.75, 3.05) is 6.54 Å². The van der Waals surface area contributed by atoms with Crippen LogP contribution in [-0.4, -0.2) is 22.1 Å². The molecular formula is C29H30N4OS. The lowest BCUT2D eigenvalue weighted by Crippen LogP contribution is -2.34. The number of hydrogen-bond acceptors (Lipinski definition) is 2. The van der Waals surface area contributed by atoms with Crippen molar-refractivity contribution in [3.63, 3.8) is 0 Å². The van der Waals surface area contributed by atoms with Gasteiger partial charge in [0.25, 0.3) is 5.91 Å². The van der Waals surface area contributed by atoms with Crippen LogP contribution in [0.2, 0.25) is 0 Å². The van der Waals surface area contributed by atoms with Gasteiger partial charge in [0.05, 0.1) is 0 Å². The van der Waals surface area contributed by atoms with Crippen molar-refractivity contribution in [3.8, 4) is 11.1 Å². The van der Waals surface area contributed by atoms with Gasteiger partial charge in [-0.3, -0.25) is 4.79 Å². The number of rotatable bonds is 10. The maximum Gasteiger partial charge on any atom is 0.251 e. The largest absolute Gasteiger partial charge is 0.359 e. The van der Waals surface area contributed by atoms with Crippen LogP contribution < -0.4 is 16.0 Å². The van der Waals surface area contributed by atoms with Crippen molar-refractivity contribution in [2.45, 2.75) is 26.1 Å². The summed E-state index contributed by atoms with van der Waals surface area (Å²) in [4.78, 5) is 13.0. The van der Waals surface area contributed by atoms with E-state index in [9.17, 15) is 4.79 Å². The molecule has 4 rings (SSSR count). The van der Waals surface area contributed by atoms with Crippen LogP contribution in [-0.2, 0) is 19.6 Å². The van der Waals surface area contributed by atoms with E-state index in [0.29, 0.717) is 30.3 Å². The molecule has 0 atom stereocenters. The van der Waals surface area contributed by atoms with Gasteiger partial charge in [0, 0.05) is 44.1 Å². The Hall–Kier alpha value is -3.90. The highest BCUT2D eigenvalue weighted by atomic mass is 32.1. The molecule has 0 bridgehead atoms. The van der Waals surface area contributed by atoms with E-state index < -0.39 is 0 Å². The first-order valence-electron chi connectivity index (χ1n) is 11.8. The lowest BCUT2D eigenvalue weighted by Gasteiger charge is -2.16. The Balaban J connectivity index is 1.38. The van der Waals surface area contributed by atoms with Crippen molar-refractivity contribution in [1.82, 2.24) is 20.5 Å². The molecule has 3 aromatic carbocycles. The lowest BCUT2D eigenvalue weighted by atomic mass is 9.95. The van der Waals surface area contributed by atoms with E-state index in [-0.39, 0.29) is 5.91 Å². The zero-order chi connectivity index (χ0) is 24.3. The number of carbonyl (C=O) groups is 1. The van der Waals surface area contributed by atoms with Crippen LogP contribution in [0.15, 0.2) is 103 Å². The number of aromatic nitrogens is 1. The van der Waals surface area contributed by atoms with Crippen molar-refractivity contribution in [2.24, 2.45) is 0 Å². The van der Waals surface area contributed by atoms with Crippen molar-refractivity contribution in [3.05, 3.63) is 120 Å². The average molecular weight is 483 g/mol. The molecule has 35 heavy (non-hydrogen) atoms. The van der Waals surface area contributed by atoms with Crippen molar-refractivity contribution >= 4 is 23.2 Å². The highest BCUT2D eigenvalue weighted by molar-refractivity contribution is 7.80. The molecular weight excluding hydrogens is 452 g/mol. The monoisotopic (exact) mass is 482 g/mol. The van der Waals surface area contributed by atoms with Gasteiger partial charge >= 0.3 is 0 Å². The van der Waals surface area contributed by atoms with Crippen LogP contribution in [0.5, 0.6) is 0 Å². The van der Waals surface area contributed by atoms with E-state index in [0.717, 1.165) is 29.7 Å². The smallest absolute Gasteiger partial charge is 0.251 e. The van der Waals surface area contributed by atoms with Gasteiger partial charge in [0.2, 0.25) is 0 Å². The summed E-state index contributed by atoms with van der Waals surface area (Å²) in [6.45, 7) is 2.73. The first-order valence-corrected chi connectivity index (χ1v) is 12.2. The summed E-state index contributed by atoms with van der Waals surface area (Å²) < 4.78 is 2.11. The molecule has 4 aromatic rings. The Bertz CT molecular complexity index is 1240. The molecule has 5 nitrogen and oxygen atoms in total. The van der Waals surface area contributed by atoms with Gasteiger partial charge in [-0.25, -0.2) is 0 Å². The minimum absolute atomic E-state index is 0.0593. The molecule has 178 valence electrons. The summed E-state index contributed by atoms with van der Waals surface area (Å²) in [6, 6.07) is 30.0. The number of nitrogens with one attached hydrogen (secondary N) is 3. The summed E-state index contributed by atoms with van der Waals surface area (Å²) in [6.07, 6.45) is 4.94. The van der Waals surface area contributed by atoms with Gasteiger partial charge in [-0.1, -0.05) is 72.8 Å². The second-order valence-electron chi connectivity index (χ2n) is 8.25. The molecule has 0 aliphatic carbocycles. The third-order valence-electron chi connectivity index (χ3n) is 5.76. The van der Waals surface area contributed by atoms with Crippen LogP contribution in [0.25, 0.3) is 11.1 Å². The Labute approximate surface area is 212 Å². The molecule has 1 aromatic heterocycles. The fourth-order valence-electron chi connectivity index (χ4n) is 3.95. The zero-order valence-electron chi connectivity index (χ0n) is 19.6. The number of carbonyl (C=O) groups excluding carboxylic acids is 1. The van der Waals surface area contributed by atoms with Crippen LogP contribution in [0.3, 0.4) is 0 Å². The molecule has 0 unspecified atom stereocenters. The molecule has 1 heterocycles. The molecule has 0 fully saturated rings. The number of benzene rings is 3. The topological polar surface area (TPSA) is 58.1 Å². The van der Waals surface area contributed by atoms with Gasteiger partial charge in [-0.15, -0.1) is 0 Å². The van der Waals surface area contributed by atoms with Gasteiger partial charge in [-0.2, -0.15) is 0 Å². The maximum atomic E-state index is 13.0. The standard InChI is InChI=1S/C29H30N4OS/c34-28(30-17-10-20-33-18-8-9-19-33)27-16-7-6-15-26(27)25-14-5-4-13-24(25)22-32-29(35)31-21-23-11-2-1-3-12-23/h1-9,11-16,18-19H,10,17,20-22H2,(H,30,34)(H2,31,32,35). The number of thiocarbonyl (C=S) groups is 1. The zero-order valence-corrected chi connectivity index (χ0v) is 20.4. The van der Waals surface area contributed by atoms with Gasteiger partial charge in [0.1, 0.15) is 0 Å². The highest BCUT2D eigenvalue weighted by Gasteiger charge is 2.14. The second-order valence-corrected chi connectivity index (χ2v) is 8.66. The van der Waals surface area contributed by atoms with E-state index in [2.05, 4.69) is 44.8 Å². The molecule has 0 spiro atoms. The third-order valence-corrected chi connectivity index (χ3v) is 6.05. The third kappa shape index (κ3) is 7.04. The van der Waals surface area contributed by atoms with E-state index >= 15 is 0 Å². The predicted molar refractivity (Wildman–Crippen MR) is 146 cm³/mol. The Morgan fingerprint density at radius 2 is 1.37 bits per heavy atom. The van der Waals surface area contributed by atoms with Gasteiger partial charge in [-0.05, 0) is 59.1 Å². The van der Waals surface area contributed by atoms with Crippen molar-refractivity contribution < 1.29 is 4.79 Å². The molecule has 1 amide bonds. The first-order chi connectivity index (χ1) is 17.2. The molecule has 3 N–H and O–H groups in total. The van der Waals surface area contributed by atoms with E-state index in [1.54, 1.807) is 0 Å². The van der Waals surface area contributed by atoms with Gasteiger partial charge in [0.15, 0.2) is 5.11 Å². The predicted octanol–water partition coefficient (Wildman–Crippen LogP) is 5.14. The van der Waals surface area contributed by atoms with E-state index in [4.69, 9.17) is 12.2 Å². The average Bonchev–Trinajstić information content (AvgIpc) is 3.43. The number of aryl methyl sites for hydroxylation is 1. The fraction of sp³-hybridized carbons (Fsp3) is 0.172. The maximum absolute atomic E-state index is 13.0. The number of amides is 1. The molecule has 0 aliphatic heterocycles. The summed E-state index contributed by atoms with van der Waals surface area (Å²) in [5, 5.41) is 10.2. The van der Waals surface area contributed by atoms with Crippen LogP contribution in [0, 0.1) is 0 Å². The molecule has 0 saturated carbocycles. The number of nitrogens with zero attached hydrogens (tertiary/aromatic N) is 1. The molecule has 6 heteroatoms. The molecule has 0 saturated heterocycles. The van der Waals surface area contributed by atoms with E-state index in [1.807, 2.05) is 79.1 Å². The minimum atomic E-state index is -0.0593. The van der Waals surface area contributed by atoms with Crippen molar-refractivity contribution in [1.29, 1.82) is 0 Å². The van der Waals surface area contributed by atoms with E-state index in [1.165, 1.54) is 5.56 Å². The number of hydrogen-bond donors (Lipinski definition) is 3. The normalized spacial score (nSPS) is 10.5. The fourth-order valence-corrected chi connectivity index (χ4v) is 4.09. The quantitative estimate of drug-likeness (QED) is 0.216. The summed E-state index contributed by atoms with van der Waals surface area (Å²) in [5.41, 5.74) is 4.85. The van der Waals surface area contributed by atoms with Crippen LogP contribution in [0.1, 0.15) is 27.9 Å². The first kappa shape index (κ1) is 24.2. The Kier molecular flexibility index (Phi) is 8.68. The summed E-state index contributed by atoms with van der Waals surface area (Å²) in [7, 11) is 0. The minimum Gasteiger partial charge on any atom is -0.359 e. The summed E-state index contributed by atoms with van der Waals surface area (Å²) >= 11 is 5.48. The molecule has 0 aliphatic rings. The lowest BCUT2D eigenvalue weighted by molar-refractivity contribution is 0.0953. The Morgan fingerprint density at radius 3 is 2.17 bits per heavy atom. The van der Waals surface area contributed by atoms with Crippen LogP contribution >= 0.6 is 12.2 Å². The Morgan fingerprint density at radius 1 is 0.714 bits per heavy atom. The second kappa shape index (κ2) is 12.5. The molecule has 0 radical (unpaired) electrons. The van der Waals surface area contributed by atoms with Crippen LogP contribution in [0.4, 0.5) is 0 Å². The highest BCUT2D eigenvalue weighted by Crippen LogP contribution is 2.27.